The smallest absolute Gasteiger partial charge is 0.418 e. The van der Waals surface area contributed by atoms with Crippen LogP contribution >= 0.6 is 11.6 Å². The summed E-state index contributed by atoms with van der Waals surface area (Å²) >= 11 is 6.07. The van der Waals surface area contributed by atoms with Gasteiger partial charge in [0.1, 0.15) is 12.3 Å². The second-order valence-corrected chi connectivity index (χ2v) is 9.53. The van der Waals surface area contributed by atoms with Crippen LogP contribution in [0.2, 0.25) is 5.02 Å². The lowest BCUT2D eigenvalue weighted by Crippen LogP contribution is -2.38. The summed E-state index contributed by atoms with van der Waals surface area (Å²) in [7, 11) is -3.03. The van der Waals surface area contributed by atoms with Gasteiger partial charge in [-0.2, -0.15) is 13.2 Å². The van der Waals surface area contributed by atoms with Crippen molar-refractivity contribution in [1.29, 1.82) is 0 Å². The Morgan fingerprint density at radius 1 is 1.06 bits per heavy atom. The van der Waals surface area contributed by atoms with Crippen molar-refractivity contribution in [3.05, 3.63) is 82.9 Å². The van der Waals surface area contributed by atoms with Gasteiger partial charge in [-0.15, -0.1) is 0 Å². The molecule has 0 radical (unpaired) electrons. The molecule has 11 heteroatoms. The first-order valence-electron chi connectivity index (χ1n) is 9.82. The first-order valence-corrected chi connectivity index (χ1v) is 11.6. The highest BCUT2D eigenvalue weighted by Gasteiger charge is 2.34. The summed E-state index contributed by atoms with van der Waals surface area (Å²) in [5, 5.41) is 2.33. The lowest BCUT2D eigenvalue weighted by Gasteiger charge is -2.26. The van der Waals surface area contributed by atoms with Gasteiger partial charge >= 0.3 is 6.18 Å². The number of aryl methyl sites for hydroxylation is 1. The number of sulfonamides is 1. The Kier molecular flexibility index (Phi) is 7.42. The van der Waals surface area contributed by atoms with Gasteiger partial charge in [0, 0.05) is 5.02 Å². The third-order valence-electron chi connectivity index (χ3n) is 4.81. The maximum Gasteiger partial charge on any atom is 0.418 e. The van der Waals surface area contributed by atoms with Crippen molar-refractivity contribution in [3.8, 4) is 5.75 Å². The zero-order valence-electron chi connectivity index (χ0n) is 18.1. The van der Waals surface area contributed by atoms with Crippen LogP contribution in [-0.2, 0) is 21.0 Å². The van der Waals surface area contributed by atoms with Crippen molar-refractivity contribution < 1.29 is 31.1 Å². The molecular formula is C23H20ClF3N2O4S. The number of nitrogens with one attached hydrogen (secondary N) is 1. The average molecular weight is 513 g/mol. The number of anilines is 2. The summed E-state index contributed by atoms with van der Waals surface area (Å²) in [6, 6.07) is 14.5. The fourth-order valence-corrected chi connectivity index (χ4v) is 4.74. The van der Waals surface area contributed by atoms with Crippen molar-refractivity contribution >= 4 is 38.9 Å². The molecule has 6 nitrogen and oxygen atoms in total. The molecule has 0 aliphatic rings. The summed E-state index contributed by atoms with van der Waals surface area (Å²) in [5.74, 6) is -0.891. The largest absolute Gasteiger partial charge is 0.495 e. The standard InChI is InChI=1S/C23H20ClF3N2O4S/c1-15-7-10-17(11-8-15)34(31,32)29(20-13-16(24)9-12-21(20)33-2)14-22(30)28-19-6-4-3-5-18(19)23(25,26)27/h3-13H,14H2,1-2H3,(H,28,30). The van der Waals surface area contributed by atoms with Crippen molar-refractivity contribution in [1.82, 2.24) is 0 Å². The third-order valence-corrected chi connectivity index (χ3v) is 6.82. The van der Waals surface area contributed by atoms with Crippen LogP contribution < -0.4 is 14.4 Å². The van der Waals surface area contributed by atoms with Crippen molar-refractivity contribution in [2.24, 2.45) is 0 Å². The van der Waals surface area contributed by atoms with Crippen molar-refractivity contribution in [2.75, 3.05) is 23.3 Å². The van der Waals surface area contributed by atoms with Gasteiger partial charge in [-0.3, -0.25) is 9.10 Å². The highest BCUT2D eigenvalue weighted by atomic mass is 35.5. The minimum Gasteiger partial charge on any atom is -0.495 e. The molecule has 0 bridgehead atoms. The fraction of sp³-hybridized carbons (Fsp3) is 0.174. The number of methoxy groups -OCH3 is 1. The van der Waals surface area contributed by atoms with E-state index >= 15 is 0 Å². The maximum absolute atomic E-state index is 13.5. The number of carbonyl (C=O) groups excluding carboxylic acids is 1. The lowest BCUT2D eigenvalue weighted by molar-refractivity contribution is -0.137. The highest BCUT2D eigenvalue weighted by Crippen LogP contribution is 2.36. The number of halogens is 4. The maximum atomic E-state index is 13.5. The van der Waals surface area contributed by atoms with Crippen molar-refractivity contribution in [3.63, 3.8) is 0 Å². The number of hydrogen-bond acceptors (Lipinski definition) is 4. The van der Waals surface area contributed by atoms with Crippen LogP contribution in [0, 0.1) is 6.92 Å². The number of para-hydroxylation sites is 1. The molecule has 0 heterocycles. The first kappa shape index (κ1) is 25.4. The number of amides is 1. The van der Waals surface area contributed by atoms with Gasteiger partial charge in [-0.05, 0) is 49.4 Å². The van der Waals surface area contributed by atoms with Gasteiger partial charge in [0.15, 0.2) is 0 Å². The van der Waals surface area contributed by atoms with Gasteiger partial charge in [-0.1, -0.05) is 41.4 Å². The van der Waals surface area contributed by atoms with E-state index in [-0.39, 0.29) is 21.4 Å². The molecule has 3 aromatic rings. The predicted molar refractivity (Wildman–Crippen MR) is 124 cm³/mol. The molecule has 3 aromatic carbocycles. The van der Waals surface area contributed by atoms with E-state index in [4.69, 9.17) is 16.3 Å². The number of carbonyl (C=O) groups is 1. The topological polar surface area (TPSA) is 75.7 Å². The van der Waals surface area contributed by atoms with Gasteiger partial charge < -0.3 is 10.1 Å². The molecule has 0 saturated heterocycles. The molecule has 1 amide bonds. The summed E-state index contributed by atoms with van der Waals surface area (Å²) in [4.78, 5) is 12.7. The predicted octanol–water partition coefficient (Wildman–Crippen LogP) is 5.51. The number of benzene rings is 3. The molecule has 0 aliphatic heterocycles. The molecule has 3 rings (SSSR count). The Balaban J connectivity index is 2.05. The van der Waals surface area contributed by atoms with E-state index in [1.54, 1.807) is 19.1 Å². The van der Waals surface area contributed by atoms with E-state index in [0.29, 0.717) is 0 Å². The Bertz CT molecular complexity index is 1300. The molecule has 0 aliphatic carbocycles. The van der Waals surface area contributed by atoms with Crippen LogP contribution in [-0.4, -0.2) is 28.0 Å². The number of rotatable bonds is 7. The van der Waals surface area contributed by atoms with Crippen LogP contribution in [0.3, 0.4) is 0 Å². The Morgan fingerprint density at radius 2 is 1.71 bits per heavy atom. The molecule has 180 valence electrons. The van der Waals surface area contributed by atoms with Crippen LogP contribution in [0.1, 0.15) is 11.1 Å². The minimum atomic E-state index is -4.71. The quantitative estimate of drug-likeness (QED) is 0.453. The molecule has 0 spiro atoms. The number of nitrogens with zero attached hydrogens (tertiary/aromatic N) is 1. The second-order valence-electron chi connectivity index (χ2n) is 7.23. The number of hydrogen-bond donors (Lipinski definition) is 1. The zero-order valence-corrected chi connectivity index (χ0v) is 19.6. The van der Waals surface area contributed by atoms with E-state index in [1.165, 1.54) is 49.6 Å². The Labute approximate surface area is 200 Å². The van der Waals surface area contributed by atoms with Crippen LogP contribution in [0.5, 0.6) is 5.75 Å². The van der Waals surface area contributed by atoms with Crippen LogP contribution in [0.25, 0.3) is 0 Å². The first-order chi connectivity index (χ1) is 15.9. The highest BCUT2D eigenvalue weighted by molar-refractivity contribution is 7.92. The molecule has 1 N–H and O–H groups in total. The molecule has 0 unspecified atom stereocenters. The minimum absolute atomic E-state index is 0.0465. The Hall–Kier alpha value is -3.24. The summed E-state index contributed by atoms with van der Waals surface area (Å²) in [6.07, 6.45) is -4.71. The molecule has 0 fully saturated rings. The van der Waals surface area contributed by atoms with Gasteiger partial charge in [-0.25, -0.2) is 8.42 Å². The second kappa shape index (κ2) is 9.94. The number of alkyl halides is 3. The zero-order chi connectivity index (χ0) is 25.1. The van der Waals surface area contributed by atoms with Crippen LogP contribution in [0.4, 0.5) is 24.5 Å². The molecule has 34 heavy (non-hydrogen) atoms. The van der Waals surface area contributed by atoms with Crippen LogP contribution in [0.15, 0.2) is 71.6 Å². The van der Waals surface area contributed by atoms with Gasteiger partial charge in [0.2, 0.25) is 5.91 Å². The molecule has 0 aromatic heterocycles. The lowest BCUT2D eigenvalue weighted by atomic mass is 10.1. The van der Waals surface area contributed by atoms with Crippen molar-refractivity contribution in [2.45, 2.75) is 18.0 Å². The average Bonchev–Trinajstić information content (AvgIpc) is 2.77. The molecule has 0 atom stereocenters. The third kappa shape index (κ3) is 5.63. The summed E-state index contributed by atoms with van der Waals surface area (Å²) in [6.45, 7) is 0.943. The van der Waals surface area contributed by atoms with Gasteiger partial charge in [0.05, 0.1) is 28.9 Å². The van der Waals surface area contributed by atoms with Gasteiger partial charge in [0.25, 0.3) is 10.0 Å². The van der Waals surface area contributed by atoms with E-state index in [0.717, 1.165) is 22.0 Å². The van der Waals surface area contributed by atoms with E-state index in [2.05, 4.69) is 5.32 Å². The number of ether oxygens (including phenoxy) is 1. The summed E-state index contributed by atoms with van der Waals surface area (Å²) < 4.78 is 73.0. The van der Waals surface area contributed by atoms with E-state index in [9.17, 15) is 26.4 Å². The Morgan fingerprint density at radius 3 is 2.32 bits per heavy atom. The summed E-state index contributed by atoms with van der Waals surface area (Å²) in [5.41, 5.74) is -0.787. The monoisotopic (exact) mass is 512 g/mol. The SMILES string of the molecule is COc1ccc(Cl)cc1N(CC(=O)Nc1ccccc1C(F)(F)F)S(=O)(=O)c1ccc(C)cc1. The molecular weight excluding hydrogens is 493 g/mol. The normalized spacial score (nSPS) is 11.7. The van der Waals surface area contributed by atoms with E-state index in [1.807, 2.05) is 0 Å². The molecule has 0 saturated carbocycles. The van der Waals surface area contributed by atoms with E-state index < -0.39 is 39.9 Å². The fourth-order valence-electron chi connectivity index (χ4n) is 3.15.